The lowest BCUT2D eigenvalue weighted by atomic mass is 9.96. The summed E-state index contributed by atoms with van der Waals surface area (Å²) in [5.41, 5.74) is 3.12. The summed E-state index contributed by atoms with van der Waals surface area (Å²) in [4.78, 5) is 2.36. The molecule has 0 unspecified atom stereocenters. The molecule has 1 aromatic carbocycles. The van der Waals surface area contributed by atoms with Gasteiger partial charge in [0.25, 0.3) is 0 Å². The topological polar surface area (TPSA) is 67.6 Å². The van der Waals surface area contributed by atoms with Gasteiger partial charge in [-0.15, -0.1) is 15.3 Å². The first-order valence-corrected chi connectivity index (χ1v) is 9.39. The minimum Gasteiger partial charge on any atom is -0.378 e. The molecule has 3 heterocycles. The molecule has 0 saturated carbocycles. The van der Waals surface area contributed by atoms with Crippen molar-refractivity contribution in [2.24, 2.45) is 0 Å². The van der Waals surface area contributed by atoms with Gasteiger partial charge in [0.2, 0.25) is 0 Å². The Morgan fingerprint density at radius 2 is 1.74 bits per heavy atom. The number of nitrogens with zero attached hydrogens (tertiary/aromatic N) is 5. The van der Waals surface area contributed by atoms with Gasteiger partial charge >= 0.3 is 0 Å². The van der Waals surface area contributed by atoms with Crippen LogP contribution >= 0.6 is 0 Å². The monoisotopic (exact) mass is 366 g/mol. The van der Waals surface area contributed by atoms with Crippen LogP contribution in [0.5, 0.6) is 0 Å². The Morgan fingerprint density at radius 1 is 1.00 bits per heavy atom. The third kappa shape index (κ3) is 3.88. The molecule has 0 radical (unpaired) electrons. The summed E-state index contributed by atoms with van der Waals surface area (Å²) in [5.74, 6) is 1.67. The summed E-state index contributed by atoms with van der Waals surface area (Å²) >= 11 is 0. The Balaban J connectivity index is 1.45. The van der Waals surface area contributed by atoms with E-state index in [4.69, 9.17) is 4.74 Å². The normalized spacial score (nSPS) is 15.3. The van der Waals surface area contributed by atoms with Gasteiger partial charge in [-0.3, -0.25) is 0 Å². The van der Waals surface area contributed by atoms with Crippen molar-refractivity contribution in [2.45, 2.75) is 32.7 Å². The van der Waals surface area contributed by atoms with Crippen LogP contribution in [0.2, 0.25) is 0 Å². The van der Waals surface area contributed by atoms with Crippen LogP contribution in [0.15, 0.2) is 36.4 Å². The molecule has 142 valence electrons. The van der Waals surface area contributed by atoms with Gasteiger partial charge in [-0.2, -0.15) is 4.52 Å². The minimum atomic E-state index is -0.111. The Bertz CT molecular complexity index is 906. The highest BCUT2D eigenvalue weighted by Gasteiger charge is 2.21. The Morgan fingerprint density at radius 3 is 2.44 bits per heavy atom. The smallest absolute Gasteiger partial charge is 0.178 e. The minimum absolute atomic E-state index is 0.111. The predicted molar refractivity (Wildman–Crippen MR) is 106 cm³/mol. The Labute approximate surface area is 159 Å². The fraction of sp³-hybridized carbons (Fsp3) is 0.450. The van der Waals surface area contributed by atoms with Gasteiger partial charge < -0.3 is 15.0 Å². The van der Waals surface area contributed by atoms with Crippen LogP contribution in [0.3, 0.4) is 0 Å². The Hall–Kier alpha value is -2.67. The molecule has 7 heteroatoms. The SMILES string of the molecule is CC(C)(C)c1nnc2ccc(NCc3ccc(N4CCOCC4)cc3)nn12. The van der Waals surface area contributed by atoms with Crippen LogP contribution in [-0.4, -0.2) is 46.1 Å². The standard InChI is InChI=1S/C20H26N6O/c1-20(2,3)19-23-22-18-9-8-17(24-26(18)19)21-14-15-4-6-16(7-5-15)25-10-12-27-13-11-25/h4-9H,10-14H2,1-3H3,(H,21,24). The molecular formula is C20H26N6O. The van der Waals surface area contributed by atoms with Crippen molar-refractivity contribution in [3.8, 4) is 0 Å². The lowest BCUT2D eigenvalue weighted by Crippen LogP contribution is -2.36. The van der Waals surface area contributed by atoms with Crippen molar-refractivity contribution < 1.29 is 4.74 Å². The molecule has 0 aliphatic carbocycles. The van der Waals surface area contributed by atoms with Gasteiger partial charge in [0.05, 0.1) is 13.2 Å². The molecule has 1 saturated heterocycles. The number of anilines is 2. The van der Waals surface area contributed by atoms with E-state index in [0.29, 0.717) is 0 Å². The van der Waals surface area contributed by atoms with Gasteiger partial charge in [0.15, 0.2) is 11.5 Å². The first-order chi connectivity index (χ1) is 13.0. The zero-order valence-corrected chi connectivity index (χ0v) is 16.1. The molecule has 0 atom stereocenters. The van der Waals surface area contributed by atoms with E-state index >= 15 is 0 Å². The molecule has 1 fully saturated rings. The first-order valence-electron chi connectivity index (χ1n) is 9.39. The number of morpholine rings is 1. The highest BCUT2D eigenvalue weighted by Crippen LogP contribution is 2.21. The molecule has 2 aromatic heterocycles. The van der Waals surface area contributed by atoms with E-state index in [1.807, 2.05) is 16.6 Å². The lowest BCUT2D eigenvalue weighted by molar-refractivity contribution is 0.122. The van der Waals surface area contributed by atoms with Crippen LogP contribution < -0.4 is 10.2 Å². The predicted octanol–water partition coefficient (Wildman–Crippen LogP) is 2.87. The van der Waals surface area contributed by atoms with E-state index in [0.717, 1.165) is 50.1 Å². The quantitative estimate of drug-likeness (QED) is 0.766. The molecular weight excluding hydrogens is 340 g/mol. The van der Waals surface area contributed by atoms with E-state index in [1.165, 1.54) is 11.3 Å². The van der Waals surface area contributed by atoms with Gasteiger partial charge in [0, 0.05) is 30.7 Å². The van der Waals surface area contributed by atoms with E-state index in [-0.39, 0.29) is 5.41 Å². The van der Waals surface area contributed by atoms with Crippen LogP contribution in [0.1, 0.15) is 32.2 Å². The number of hydrogen-bond donors (Lipinski definition) is 1. The molecule has 3 aromatic rings. The van der Waals surface area contributed by atoms with Crippen LogP contribution in [-0.2, 0) is 16.7 Å². The summed E-state index contributed by atoms with van der Waals surface area (Å²) in [6, 6.07) is 12.6. The summed E-state index contributed by atoms with van der Waals surface area (Å²) in [5, 5.41) is 16.6. The van der Waals surface area contributed by atoms with Crippen molar-refractivity contribution >= 4 is 17.2 Å². The van der Waals surface area contributed by atoms with Crippen molar-refractivity contribution in [2.75, 3.05) is 36.5 Å². The molecule has 0 bridgehead atoms. The highest BCUT2D eigenvalue weighted by atomic mass is 16.5. The number of aromatic nitrogens is 4. The van der Waals surface area contributed by atoms with Crippen molar-refractivity contribution in [3.05, 3.63) is 47.8 Å². The summed E-state index contributed by atoms with van der Waals surface area (Å²) < 4.78 is 7.24. The molecule has 0 amide bonds. The number of fused-ring (bicyclic) bond motifs is 1. The van der Waals surface area contributed by atoms with Gasteiger partial charge in [-0.25, -0.2) is 0 Å². The molecule has 4 rings (SSSR count). The van der Waals surface area contributed by atoms with Crippen molar-refractivity contribution in [1.29, 1.82) is 0 Å². The second-order valence-electron chi connectivity index (χ2n) is 7.88. The summed E-state index contributed by atoms with van der Waals surface area (Å²) in [6.45, 7) is 10.6. The number of rotatable bonds is 4. The zero-order valence-electron chi connectivity index (χ0n) is 16.1. The second-order valence-corrected chi connectivity index (χ2v) is 7.88. The number of hydrogen-bond acceptors (Lipinski definition) is 6. The maximum absolute atomic E-state index is 5.42. The average molecular weight is 366 g/mol. The fourth-order valence-corrected chi connectivity index (χ4v) is 3.19. The van der Waals surface area contributed by atoms with E-state index in [2.05, 4.69) is 70.5 Å². The van der Waals surface area contributed by atoms with Crippen LogP contribution in [0.25, 0.3) is 5.65 Å². The summed E-state index contributed by atoms with van der Waals surface area (Å²) in [7, 11) is 0. The second kappa shape index (κ2) is 7.15. The van der Waals surface area contributed by atoms with E-state index < -0.39 is 0 Å². The largest absolute Gasteiger partial charge is 0.378 e. The number of benzene rings is 1. The number of nitrogens with one attached hydrogen (secondary N) is 1. The van der Waals surface area contributed by atoms with Crippen molar-refractivity contribution in [3.63, 3.8) is 0 Å². The Kier molecular flexibility index (Phi) is 4.70. The molecule has 27 heavy (non-hydrogen) atoms. The third-order valence-corrected chi connectivity index (χ3v) is 4.72. The highest BCUT2D eigenvalue weighted by molar-refractivity contribution is 5.49. The molecule has 7 nitrogen and oxygen atoms in total. The summed E-state index contributed by atoms with van der Waals surface area (Å²) in [6.07, 6.45) is 0. The maximum atomic E-state index is 5.42. The fourth-order valence-electron chi connectivity index (χ4n) is 3.19. The van der Waals surface area contributed by atoms with Crippen LogP contribution in [0, 0.1) is 0 Å². The van der Waals surface area contributed by atoms with E-state index in [9.17, 15) is 0 Å². The van der Waals surface area contributed by atoms with Crippen LogP contribution in [0.4, 0.5) is 11.5 Å². The third-order valence-electron chi connectivity index (χ3n) is 4.72. The maximum Gasteiger partial charge on any atom is 0.178 e. The van der Waals surface area contributed by atoms with Gasteiger partial charge in [-0.1, -0.05) is 32.9 Å². The lowest BCUT2D eigenvalue weighted by Gasteiger charge is -2.28. The molecule has 0 spiro atoms. The number of ether oxygens (including phenoxy) is 1. The van der Waals surface area contributed by atoms with Crippen molar-refractivity contribution in [1.82, 2.24) is 19.8 Å². The van der Waals surface area contributed by atoms with E-state index in [1.54, 1.807) is 0 Å². The molecule has 1 aliphatic rings. The zero-order chi connectivity index (χ0) is 18.9. The van der Waals surface area contributed by atoms with Gasteiger partial charge in [0.1, 0.15) is 5.82 Å². The molecule has 1 aliphatic heterocycles. The molecule has 1 N–H and O–H groups in total. The average Bonchev–Trinajstić information content (AvgIpc) is 3.11. The van der Waals surface area contributed by atoms with Gasteiger partial charge in [-0.05, 0) is 29.8 Å². The first kappa shape index (κ1) is 17.7.